The molecule has 1 atom stereocenters. The van der Waals surface area contributed by atoms with Crippen LogP contribution in [-0.4, -0.2) is 11.9 Å². The zero-order chi connectivity index (χ0) is 17.0. The quantitative estimate of drug-likeness (QED) is 0.790. The molecule has 122 valence electrons. The summed E-state index contributed by atoms with van der Waals surface area (Å²) in [6.45, 7) is 8.10. The van der Waals surface area contributed by atoms with E-state index >= 15 is 0 Å². The van der Waals surface area contributed by atoms with E-state index in [4.69, 9.17) is 11.6 Å². The molecule has 0 saturated carbocycles. The summed E-state index contributed by atoms with van der Waals surface area (Å²) in [7, 11) is 0. The lowest BCUT2D eigenvalue weighted by Crippen LogP contribution is -2.32. The second kappa shape index (κ2) is 7.51. The monoisotopic (exact) mass is 330 g/mol. The molecule has 0 heterocycles. The third-order valence-corrected chi connectivity index (χ3v) is 4.05. The lowest BCUT2D eigenvalue weighted by molar-refractivity contribution is -0.116. The Kier molecular flexibility index (Phi) is 5.67. The van der Waals surface area contributed by atoms with Crippen LogP contribution >= 0.6 is 11.6 Å². The van der Waals surface area contributed by atoms with E-state index in [0.717, 1.165) is 16.9 Å². The molecule has 1 unspecified atom stereocenters. The van der Waals surface area contributed by atoms with Gasteiger partial charge in [-0.2, -0.15) is 0 Å². The Morgan fingerprint density at radius 1 is 1.04 bits per heavy atom. The summed E-state index contributed by atoms with van der Waals surface area (Å²) < 4.78 is 0. The van der Waals surface area contributed by atoms with Crippen LogP contribution in [0.15, 0.2) is 42.5 Å². The molecular formula is C19H23ClN2O. The summed E-state index contributed by atoms with van der Waals surface area (Å²) in [6, 6.07) is 13.3. The summed E-state index contributed by atoms with van der Waals surface area (Å²) in [5.74, 6) is 0.402. The highest BCUT2D eigenvalue weighted by Crippen LogP contribution is 2.21. The standard InChI is InChI=1S/C19H23ClN2O/c1-12(2)15-6-9-17(10-7-15)21-14(4)19(23)22-18-11-16(20)8-5-13(18)3/h5-12,14,21H,1-4H3,(H,22,23). The van der Waals surface area contributed by atoms with Crippen LogP contribution in [0.25, 0.3) is 0 Å². The SMILES string of the molecule is Cc1ccc(Cl)cc1NC(=O)C(C)Nc1ccc(C(C)C)cc1. The van der Waals surface area contributed by atoms with Crippen molar-refractivity contribution in [2.24, 2.45) is 0 Å². The summed E-state index contributed by atoms with van der Waals surface area (Å²) in [5.41, 5.74) is 3.93. The van der Waals surface area contributed by atoms with Gasteiger partial charge in [0.2, 0.25) is 5.91 Å². The summed E-state index contributed by atoms with van der Waals surface area (Å²) in [6.07, 6.45) is 0. The van der Waals surface area contributed by atoms with Gasteiger partial charge in [0.1, 0.15) is 6.04 Å². The van der Waals surface area contributed by atoms with Gasteiger partial charge in [-0.05, 0) is 55.2 Å². The molecule has 0 aliphatic heterocycles. The minimum atomic E-state index is -0.349. The van der Waals surface area contributed by atoms with Crippen molar-refractivity contribution in [3.8, 4) is 0 Å². The van der Waals surface area contributed by atoms with Gasteiger partial charge in [-0.3, -0.25) is 4.79 Å². The van der Waals surface area contributed by atoms with Crippen LogP contribution in [-0.2, 0) is 4.79 Å². The molecule has 0 fully saturated rings. The topological polar surface area (TPSA) is 41.1 Å². The molecule has 0 bridgehead atoms. The van der Waals surface area contributed by atoms with Gasteiger partial charge in [0.05, 0.1) is 0 Å². The smallest absolute Gasteiger partial charge is 0.246 e. The number of anilines is 2. The zero-order valence-electron chi connectivity index (χ0n) is 14.0. The van der Waals surface area contributed by atoms with E-state index < -0.39 is 0 Å². The van der Waals surface area contributed by atoms with Crippen LogP contribution in [0.3, 0.4) is 0 Å². The first kappa shape index (κ1) is 17.4. The van der Waals surface area contributed by atoms with E-state index in [1.807, 2.05) is 38.1 Å². The number of benzene rings is 2. The maximum Gasteiger partial charge on any atom is 0.246 e. The Balaban J connectivity index is 2.01. The molecule has 0 aromatic heterocycles. The third-order valence-electron chi connectivity index (χ3n) is 3.81. The lowest BCUT2D eigenvalue weighted by Gasteiger charge is -2.17. The molecule has 2 aromatic rings. The van der Waals surface area contributed by atoms with E-state index in [2.05, 4.69) is 36.6 Å². The van der Waals surface area contributed by atoms with Crippen molar-refractivity contribution in [1.82, 2.24) is 0 Å². The predicted molar refractivity (Wildman–Crippen MR) is 98.4 cm³/mol. The minimum Gasteiger partial charge on any atom is -0.374 e. The molecule has 2 N–H and O–H groups in total. The lowest BCUT2D eigenvalue weighted by atomic mass is 10.0. The number of hydrogen-bond donors (Lipinski definition) is 2. The van der Waals surface area contributed by atoms with Crippen LogP contribution in [0.4, 0.5) is 11.4 Å². The van der Waals surface area contributed by atoms with E-state index in [-0.39, 0.29) is 11.9 Å². The highest BCUT2D eigenvalue weighted by molar-refractivity contribution is 6.31. The molecule has 0 aliphatic carbocycles. The van der Waals surface area contributed by atoms with Crippen molar-refractivity contribution < 1.29 is 4.79 Å². The van der Waals surface area contributed by atoms with Gasteiger partial charge in [-0.1, -0.05) is 43.6 Å². The van der Waals surface area contributed by atoms with Gasteiger partial charge in [-0.25, -0.2) is 0 Å². The Morgan fingerprint density at radius 3 is 2.30 bits per heavy atom. The summed E-state index contributed by atoms with van der Waals surface area (Å²) in [4.78, 5) is 12.3. The van der Waals surface area contributed by atoms with E-state index in [0.29, 0.717) is 10.9 Å². The molecule has 2 aromatic carbocycles. The number of amides is 1. The van der Waals surface area contributed by atoms with Crippen molar-refractivity contribution in [2.75, 3.05) is 10.6 Å². The van der Waals surface area contributed by atoms with Crippen molar-refractivity contribution in [3.05, 3.63) is 58.6 Å². The average molecular weight is 331 g/mol. The molecule has 23 heavy (non-hydrogen) atoms. The largest absolute Gasteiger partial charge is 0.374 e. The highest BCUT2D eigenvalue weighted by Gasteiger charge is 2.14. The van der Waals surface area contributed by atoms with Crippen LogP contribution in [0.5, 0.6) is 0 Å². The van der Waals surface area contributed by atoms with Crippen LogP contribution in [0.2, 0.25) is 5.02 Å². The maximum atomic E-state index is 12.3. The second-order valence-electron chi connectivity index (χ2n) is 6.09. The van der Waals surface area contributed by atoms with Crippen LogP contribution in [0, 0.1) is 6.92 Å². The minimum absolute atomic E-state index is 0.0942. The molecule has 0 saturated heterocycles. The molecule has 0 aliphatic rings. The predicted octanol–water partition coefficient (Wildman–Crippen LogP) is 5.21. The summed E-state index contributed by atoms with van der Waals surface area (Å²) >= 11 is 5.98. The number of halogens is 1. The Labute approximate surface area is 143 Å². The van der Waals surface area contributed by atoms with Crippen molar-refractivity contribution >= 4 is 28.9 Å². The number of aryl methyl sites for hydroxylation is 1. The van der Waals surface area contributed by atoms with Crippen molar-refractivity contribution in [1.29, 1.82) is 0 Å². The van der Waals surface area contributed by atoms with Gasteiger partial charge in [0, 0.05) is 16.4 Å². The fraction of sp³-hybridized carbons (Fsp3) is 0.316. The van der Waals surface area contributed by atoms with Crippen LogP contribution < -0.4 is 10.6 Å². The van der Waals surface area contributed by atoms with Gasteiger partial charge in [-0.15, -0.1) is 0 Å². The first-order chi connectivity index (χ1) is 10.9. The normalized spacial score (nSPS) is 12.1. The molecule has 3 nitrogen and oxygen atoms in total. The Hall–Kier alpha value is -2.00. The van der Waals surface area contributed by atoms with Crippen molar-refractivity contribution in [3.63, 3.8) is 0 Å². The maximum absolute atomic E-state index is 12.3. The van der Waals surface area contributed by atoms with E-state index in [1.54, 1.807) is 6.07 Å². The van der Waals surface area contributed by atoms with Crippen LogP contribution in [0.1, 0.15) is 37.8 Å². The highest BCUT2D eigenvalue weighted by atomic mass is 35.5. The van der Waals surface area contributed by atoms with E-state index in [1.165, 1.54) is 5.56 Å². The average Bonchev–Trinajstić information content (AvgIpc) is 2.51. The first-order valence-electron chi connectivity index (χ1n) is 7.80. The number of rotatable bonds is 5. The van der Waals surface area contributed by atoms with Gasteiger partial charge in [0.25, 0.3) is 0 Å². The number of carbonyl (C=O) groups excluding carboxylic acids is 1. The Morgan fingerprint density at radius 2 is 1.70 bits per heavy atom. The third kappa shape index (κ3) is 4.73. The first-order valence-corrected chi connectivity index (χ1v) is 8.18. The fourth-order valence-corrected chi connectivity index (χ4v) is 2.42. The zero-order valence-corrected chi connectivity index (χ0v) is 14.7. The molecule has 2 rings (SSSR count). The summed E-state index contributed by atoms with van der Waals surface area (Å²) in [5, 5.41) is 6.74. The molecular weight excluding hydrogens is 308 g/mol. The van der Waals surface area contributed by atoms with Gasteiger partial charge in [0.15, 0.2) is 0 Å². The molecule has 0 spiro atoms. The second-order valence-corrected chi connectivity index (χ2v) is 6.53. The Bertz CT molecular complexity index is 680. The molecule has 1 amide bonds. The number of hydrogen-bond acceptors (Lipinski definition) is 2. The molecule has 4 heteroatoms. The number of nitrogens with one attached hydrogen (secondary N) is 2. The number of carbonyl (C=O) groups is 1. The van der Waals surface area contributed by atoms with Crippen molar-refractivity contribution in [2.45, 2.75) is 39.7 Å². The fourth-order valence-electron chi connectivity index (χ4n) is 2.25. The van der Waals surface area contributed by atoms with Gasteiger partial charge >= 0.3 is 0 Å². The van der Waals surface area contributed by atoms with Gasteiger partial charge < -0.3 is 10.6 Å². The van der Waals surface area contributed by atoms with E-state index in [9.17, 15) is 4.79 Å². The molecule has 0 radical (unpaired) electrons.